The van der Waals surface area contributed by atoms with E-state index in [1.54, 1.807) is 63.6 Å². The number of anilines is 1. The molecule has 0 aliphatic carbocycles. The molecule has 4 aromatic rings. The average Bonchev–Trinajstić information content (AvgIpc) is 3.44. The highest BCUT2D eigenvalue weighted by atomic mass is 32.2. The van der Waals surface area contributed by atoms with Gasteiger partial charge in [0.2, 0.25) is 5.95 Å². The fourth-order valence-electron chi connectivity index (χ4n) is 3.89. The Morgan fingerprint density at radius 1 is 1.11 bits per heavy atom. The number of ether oxygens (including phenoxy) is 1. The van der Waals surface area contributed by atoms with Gasteiger partial charge in [0.1, 0.15) is 17.0 Å². The van der Waals surface area contributed by atoms with Crippen molar-refractivity contribution in [3.05, 3.63) is 60.2 Å². The quantitative estimate of drug-likeness (QED) is 0.392. The molecular formula is C26H25N7O4S. The van der Waals surface area contributed by atoms with Crippen molar-refractivity contribution in [3.8, 4) is 23.4 Å². The summed E-state index contributed by atoms with van der Waals surface area (Å²) in [6, 6.07) is 8.56. The number of fused-ring (bicyclic) bond motifs is 1. The largest absolute Gasteiger partial charge is 0.442 e. The van der Waals surface area contributed by atoms with E-state index < -0.39 is 21.5 Å². The van der Waals surface area contributed by atoms with Crippen molar-refractivity contribution in [2.24, 2.45) is 0 Å². The highest BCUT2D eigenvalue weighted by Gasteiger charge is 2.28. The van der Waals surface area contributed by atoms with Crippen molar-refractivity contribution < 1.29 is 17.9 Å². The molecule has 194 valence electrons. The maximum Gasteiger partial charge on any atom is 0.435 e. The van der Waals surface area contributed by atoms with Gasteiger partial charge in [-0.25, -0.2) is 33.1 Å². The van der Waals surface area contributed by atoms with Crippen LogP contribution in [0.25, 0.3) is 22.4 Å². The standard InChI is InChI=1S/C26H25N7O4S/c1-26(2,3)37-25(34)33-22-7-5-17(14-18(22)15-29-33)4-6-19-8-11-27-23(30-19)21-9-12-28-24(32-21)31-20-10-13-38(35,36)16-20/h5,7-9,11-12,14-15,20H,10,13,16H2,1-3H3,(H,28,31,32)/t20-/m1/s1. The molecule has 1 aliphatic heterocycles. The van der Waals surface area contributed by atoms with Crippen LogP contribution in [-0.2, 0) is 14.6 Å². The van der Waals surface area contributed by atoms with Crippen LogP contribution < -0.4 is 5.32 Å². The van der Waals surface area contributed by atoms with Crippen LogP contribution in [0.3, 0.4) is 0 Å². The zero-order valence-electron chi connectivity index (χ0n) is 21.0. The number of carbonyl (C=O) groups excluding carboxylic acids is 1. The first kappa shape index (κ1) is 25.3. The summed E-state index contributed by atoms with van der Waals surface area (Å²) in [6.45, 7) is 5.40. The first-order chi connectivity index (χ1) is 18.0. The lowest BCUT2D eigenvalue weighted by Crippen LogP contribution is -2.27. The van der Waals surface area contributed by atoms with E-state index in [0.717, 1.165) is 10.9 Å². The fourth-order valence-corrected chi connectivity index (χ4v) is 5.57. The molecule has 4 heterocycles. The van der Waals surface area contributed by atoms with Gasteiger partial charge in [0.25, 0.3) is 0 Å². The number of hydrogen-bond acceptors (Lipinski definition) is 10. The summed E-state index contributed by atoms with van der Waals surface area (Å²) >= 11 is 0. The first-order valence-corrected chi connectivity index (χ1v) is 13.7. The molecule has 0 bridgehead atoms. The number of carbonyl (C=O) groups is 1. The maximum atomic E-state index is 12.4. The Balaban J connectivity index is 1.33. The van der Waals surface area contributed by atoms with E-state index in [0.29, 0.717) is 35.1 Å². The van der Waals surface area contributed by atoms with Gasteiger partial charge < -0.3 is 10.1 Å². The van der Waals surface area contributed by atoms with Gasteiger partial charge in [-0.15, -0.1) is 0 Å². The molecule has 1 aliphatic rings. The zero-order chi connectivity index (χ0) is 26.9. The normalized spacial score (nSPS) is 16.6. The summed E-state index contributed by atoms with van der Waals surface area (Å²) < 4.78 is 30.1. The van der Waals surface area contributed by atoms with Crippen molar-refractivity contribution in [2.45, 2.75) is 38.8 Å². The number of nitrogens with one attached hydrogen (secondary N) is 1. The van der Waals surface area contributed by atoms with Gasteiger partial charge in [0.05, 0.1) is 23.2 Å². The number of sulfone groups is 1. The van der Waals surface area contributed by atoms with Crippen LogP contribution in [0.4, 0.5) is 10.7 Å². The Labute approximate surface area is 219 Å². The van der Waals surface area contributed by atoms with E-state index in [-0.39, 0.29) is 17.5 Å². The molecular weight excluding hydrogens is 506 g/mol. The Hall–Kier alpha value is -4.37. The van der Waals surface area contributed by atoms with E-state index in [1.807, 2.05) is 6.07 Å². The monoisotopic (exact) mass is 531 g/mol. The Morgan fingerprint density at radius 2 is 1.92 bits per heavy atom. The molecule has 0 radical (unpaired) electrons. The molecule has 1 fully saturated rings. The Kier molecular flexibility index (Phi) is 6.54. The lowest BCUT2D eigenvalue weighted by molar-refractivity contribution is 0.0522. The summed E-state index contributed by atoms with van der Waals surface area (Å²) in [5.41, 5.74) is 1.71. The second-order valence-electron chi connectivity index (χ2n) is 9.84. The third-order valence-electron chi connectivity index (χ3n) is 5.58. The van der Waals surface area contributed by atoms with Gasteiger partial charge in [0, 0.05) is 29.4 Å². The predicted molar refractivity (Wildman–Crippen MR) is 141 cm³/mol. The molecule has 1 atom stereocenters. The third-order valence-corrected chi connectivity index (χ3v) is 7.34. The molecule has 1 aromatic carbocycles. The van der Waals surface area contributed by atoms with Crippen LogP contribution in [0.5, 0.6) is 0 Å². The Bertz CT molecular complexity index is 1700. The summed E-state index contributed by atoms with van der Waals surface area (Å²) in [5, 5.41) is 7.99. The molecule has 0 saturated carbocycles. The summed E-state index contributed by atoms with van der Waals surface area (Å²) in [6.07, 6.45) is 4.73. The van der Waals surface area contributed by atoms with Crippen LogP contribution in [0, 0.1) is 11.8 Å². The van der Waals surface area contributed by atoms with Crippen LogP contribution >= 0.6 is 0 Å². The van der Waals surface area contributed by atoms with Gasteiger partial charge in [-0.2, -0.15) is 9.78 Å². The van der Waals surface area contributed by atoms with E-state index in [1.165, 1.54) is 4.68 Å². The van der Waals surface area contributed by atoms with E-state index in [2.05, 4.69) is 42.2 Å². The molecule has 0 amide bonds. The van der Waals surface area contributed by atoms with Gasteiger partial charge in [-0.05, 0) is 63.4 Å². The molecule has 11 nitrogen and oxygen atoms in total. The van der Waals surface area contributed by atoms with Crippen LogP contribution in [0.1, 0.15) is 38.4 Å². The fraction of sp³-hybridized carbons (Fsp3) is 0.308. The number of rotatable bonds is 3. The summed E-state index contributed by atoms with van der Waals surface area (Å²) in [4.78, 5) is 29.9. The van der Waals surface area contributed by atoms with Gasteiger partial charge in [-0.3, -0.25) is 0 Å². The Morgan fingerprint density at radius 3 is 2.68 bits per heavy atom. The molecule has 38 heavy (non-hydrogen) atoms. The smallest absolute Gasteiger partial charge is 0.435 e. The van der Waals surface area contributed by atoms with Crippen molar-refractivity contribution in [3.63, 3.8) is 0 Å². The number of aromatic nitrogens is 6. The first-order valence-electron chi connectivity index (χ1n) is 11.9. The van der Waals surface area contributed by atoms with Crippen LogP contribution in [0.15, 0.2) is 48.9 Å². The average molecular weight is 532 g/mol. The number of benzene rings is 1. The SMILES string of the molecule is CC(C)(C)OC(=O)n1ncc2cc(C#Cc3ccnc(-c4ccnc(N[C@@H]5CCS(=O)(=O)C5)n4)n3)ccc21. The number of hydrogen-bond donors (Lipinski definition) is 1. The summed E-state index contributed by atoms with van der Waals surface area (Å²) in [5.74, 6) is 7.03. The summed E-state index contributed by atoms with van der Waals surface area (Å²) in [7, 11) is -3.02. The molecule has 3 aromatic heterocycles. The molecule has 1 saturated heterocycles. The van der Waals surface area contributed by atoms with E-state index >= 15 is 0 Å². The van der Waals surface area contributed by atoms with E-state index in [4.69, 9.17) is 4.74 Å². The minimum atomic E-state index is -3.02. The molecule has 0 unspecified atom stereocenters. The van der Waals surface area contributed by atoms with Crippen molar-refractivity contribution in [2.75, 3.05) is 16.8 Å². The lowest BCUT2D eigenvalue weighted by atomic mass is 10.1. The molecule has 0 spiro atoms. The second-order valence-corrected chi connectivity index (χ2v) is 12.1. The van der Waals surface area contributed by atoms with Gasteiger partial charge in [-0.1, -0.05) is 5.92 Å². The minimum Gasteiger partial charge on any atom is -0.442 e. The van der Waals surface area contributed by atoms with Crippen LogP contribution in [0.2, 0.25) is 0 Å². The van der Waals surface area contributed by atoms with Crippen molar-refractivity contribution in [1.29, 1.82) is 0 Å². The highest BCUT2D eigenvalue weighted by molar-refractivity contribution is 7.91. The minimum absolute atomic E-state index is 0.0652. The van der Waals surface area contributed by atoms with E-state index in [9.17, 15) is 13.2 Å². The lowest BCUT2D eigenvalue weighted by Gasteiger charge is -2.19. The highest BCUT2D eigenvalue weighted by Crippen LogP contribution is 2.19. The van der Waals surface area contributed by atoms with Crippen molar-refractivity contribution in [1.82, 2.24) is 29.7 Å². The molecule has 1 N–H and O–H groups in total. The zero-order valence-corrected chi connectivity index (χ0v) is 21.9. The van der Waals surface area contributed by atoms with Gasteiger partial charge in [0.15, 0.2) is 15.7 Å². The second kappa shape index (κ2) is 9.83. The molecule has 5 rings (SSSR count). The van der Waals surface area contributed by atoms with Crippen molar-refractivity contribution >= 4 is 32.8 Å². The predicted octanol–water partition coefficient (Wildman–Crippen LogP) is 3.07. The number of nitrogens with zero attached hydrogens (tertiary/aromatic N) is 6. The van der Waals surface area contributed by atoms with Gasteiger partial charge >= 0.3 is 6.09 Å². The topological polar surface area (TPSA) is 142 Å². The van der Waals surface area contributed by atoms with Crippen LogP contribution in [-0.4, -0.2) is 67.4 Å². The maximum absolute atomic E-state index is 12.4. The molecule has 12 heteroatoms. The third kappa shape index (κ3) is 5.95.